The van der Waals surface area contributed by atoms with E-state index in [1.54, 1.807) is 0 Å². The topological polar surface area (TPSA) is 348 Å². The highest BCUT2D eigenvalue weighted by Gasteiger charge is 2.54. The average Bonchev–Trinajstić information content (AvgIpc) is 3.03. The van der Waals surface area contributed by atoms with Crippen LogP contribution < -0.4 is 0 Å². The van der Waals surface area contributed by atoms with Crippen LogP contribution in [0, 0.1) is 0 Å². The Morgan fingerprint density at radius 3 is 1.29 bits per heavy atom. The summed E-state index contributed by atoms with van der Waals surface area (Å²) in [5.74, 6) is 0. The molecule has 4 fully saturated rings. The standard InChI is InChI=1S/C24H42O21/c25-1-5-9(28)11(30)16(35)22(41-5)39-4-8-20(13(32)15(34)21(38)40-8)45-24-18(37)14(33)19(7(3-27)43-24)44-23-17(36)12(31)10(29)6(2-26)42-23/h5-38H,1-4H2/t5-,6-,7-,8-,9+,10-,11+,12+,13-,14-,15+,16-,17+,18+,19-,20-,21-,22+,23+,24+/m1/s1. The maximum absolute atomic E-state index is 10.9. The lowest BCUT2D eigenvalue weighted by Crippen LogP contribution is -2.66. The molecule has 4 rings (SSSR count). The zero-order chi connectivity index (χ0) is 33.3. The fourth-order valence-corrected chi connectivity index (χ4v) is 5.44. The molecule has 0 saturated carbocycles. The Kier molecular flexibility index (Phi) is 12.8. The smallest absolute Gasteiger partial charge is 0.187 e. The van der Waals surface area contributed by atoms with Crippen molar-refractivity contribution in [2.45, 2.75) is 123 Å². The molecule has 21 nitrogen and oxygen atoms in total. The van der Waals surface area contributed by atoms with Crippen molar-refractivity contribution in [1.82, 2.24) is 0 Å². The first-order valence-electron chi connectivity index (χ1n) is 14.1. The predicted octanol–water partition coefficient (Wildman–Crippen LogP) is -9.75. The molecule has 0 aromatic heterocycles. The molecule has 4 heterocycles. The van der Waals surface area contributed by atoms with Crippen molar-refractivity contribution in [2.75, 3.05) is 26.4 Å². The minimum Gasteiger partial charge on any atom is -0.394 e. The maximum atomic E-state index is 10.9. The summed E-state index contributed by atoms with van der Waals surface area (Å²) < 4.78 is 37.8. The number of aliphatic hydroxyl groups excluding tert-OH is 14. The summed E-state index contributed by atoms with van der Waals surface area (Å²) in [5, 5.41) is 142. The third kappa shape index (κ3) is 7.59. The van der Waals surface area contributed by atoms with Crippen LogP contribution in [0.25, 0.3) is 0 Å². The van der Waals surface area contributed by atoms with Crippen LogP contribution in [0.2, 0.25) is 0 Å². The normalized spacial score (nSPS) is 52.9. The zero-order valence-electron chi connectivity index (χ0n) is 23.5. The van der Waals surface area contributed by atoms with E-state index in [4.69, 9.17) is 33.2 Å². The van der Waals surface area contributed by atoms with E-state index in [1.165, 1.54) is 0 Å². The Labute approximate surface area is 254 Å². The Bertz CT molecular complexity index is 912. The fraction of sp³-hybridized carbons (Fsp3) is 1.00. The highest BCUT2D eigenvalue weighted by atomic mass is 16.8. The van der Waals surface area contributed by atoms with Crippen molar-refractivity contribution in [3.63, 3.8) is 0 Å². The van der Waals surface area contributed by atoms with Crippen LogP contribution in [0.1, 0.15) is 0 Å². The summed E-state index contributed by atoms with van der Waals surface area (Å²) in [7, 11) is 0. The monoisotopic (exact) mass is 666 g/mol. The fourth-order valence-electron chi connectivity index (χ4n) is 5.44. The van der Waals surface area contributed by atoms with E-state index in [-0.39, 0.29) is 0 Å². The van der Waals surface area contributed by atoms with Gasteiger partial charge < -0.3 is 105 Å². The van der Waals surface area contributed by atoms with Crippen molar-refractivity contribution in [3.05, 3.63) is 0 Å². The van der Waals surface area contributed by atoms with E-state index >= 15 is 0 Å². The minimum atomic E-state index is -2.04. The lowest BCUT2D eigenvalue weighted by Gasteiger charge is -2.48. The zero-order valence-corrected chi connectivity index (χ0v) is 23.5. The molecule has 264 valence electrons. The molecule has 0 aliphatic carbocycles. The maximum Gasteiger partial charge on any atom is 0.187 e. The van der Waals surface area contributed by atoms with E-state index in [1.807, 2.05) is 0 Å². The van der Waals surface area contributed by atoms with Gasteiger partial charge in [0.2, 0.25) is 0 Å². The summed E-state index contributed by atoms with van der Waals surface area (Å²) in [5.41, 5.74) is 0. The number of rotatable bonds is 10. The first-order valence-corrected chi connectivity index (χ1v) is 14.1. The Balaban J connectivity index is 1.45. The molecular formula is C24H42O21. The van der Waals surface area contributed by atoms with E-state index < -0.39 is 149 Å². The van der Waals surface area contributed by atoms with Crippen molar-refractivity contribution >= 4 is 0 Å². The van der Waals surface area contributed by atoms with Crippen molar-refractivity contribution in [1.29, 1.82) is 0 Å². The third-order valence-corrected chi connectivity index (χ3v) is 8.18. The number of ether oxygens (including phenoxy) is 7. The second-order valence-electron chi connectivity index (χ2n) is 11.2. The van der Waals surface area contributed by atoms with Crippen LogP contribution in [0.5, 0.6) is 0 Å². The van der Waals surface area contributed by atoms with Gasteiger partial charge >= 0.3 is 0 Å². The summed E-state index contributed by atoms with van der Waals surface area (Å²) in [6.07, 6.45) is -35.2. The largest absolute Gasteiger partial charge is 0.394 e. The Hall–Kier alpha value is -0.840. The number of aliphatic hydroxyl groups is 14. The molecule has 0 aromatic rings. The molecule has 4 aliphatic rings. The molecule has 21 heteroatoms. The molecule has 0 bridgehead atoms. The molecule has 0 amide bonds. The lowest BCUT2D eigenvalue weighted by atomic mass is 9.96. The van der Waals surface area contributed by atoms with Crippen LogP contribution in [0.3, 0.4) is 0 Å². The van der Waals surface area contributed by atoms with Crippen LogP contribution in [0.15, 0.2) is 0 Å². The van der Waals surface area contributed by atoms with Gasteiger partial charge in [-0.2, -0.15) is 0 Å². The molecule has 4 aliphatic heterocycles. The Morgan fingerprint density at radius 2 is 0.778 bits per heavy atom. The van der Waals surface area contributed by atoms with Gasteiger partial charge in [0.1, 0.15) is 97.7 Å². The first kappa shape index (κ1) is 37.0. The summed E-state index contributed by atoms with van der Waals surface area (Å²) in [6.45, 7) is -3.15. The third-order valence-electron chi connectivity index (χ3n) is 8.18. The Morgan fingerprint density at radius 1 is 0.378 bits per heavy atom. The molecule has 20 atom stereocenters. The summed E-state index contributed by atoms with van der Waals surface area (Å²) in [6, 6.07) is 0. The molecule has 0 unspecified atom stereocenters. The second-order valence-corrected chi connectivity index (χ2v) is 11.2. The predicted molar refractivity (Wildman–Crippen MR) is 134 cm³/mol. The number of hydrogen-bond donors (Lipinski definition) is 14. The molecule has 45 heavy (non-hydrogen) atoms. The van der Waals surface area contributed by atoms with Crippen molar-refractivity contribution < 1.29 is 105 Å². The van der Waals surface area contributed by atoms with Gasteiger partial charge in [0.15, 0.2) is 25.2 Å². The van der Waals surface area contributed by atoms with Gasteiger partial charge in [0.25, 0.3) is 0 Å². The molecule has 4 saturated heterocycles. The van der Waals surface area contributed by atoms with Crippen LogP contribution in [-0.4, -0.2) is 221 Å². The number of hydrogen-bond acceptors (Lipinski definition) is 21. The van der Waals surface area contributed by atoms with Crippen LogP contribution in [0.4, 0.5) is 0 Å². The van der Waals surface area contributed by atoms with Crippen molar-refractivity contribution in [3.8, 4) is 0 Å². The summed E-state index contributed by atoms with van der Waals surface area (Å²) >= 11 is 0. The van der Waals surface area contributed by atoms with Gasteiger partial charge in [-0.3, -0.25) is 0 Å². The average molecular weight is 667 g/mol. The van der Waals surface area contributed by atoms with Gasteiger partial charge in [-0.05, 0) is 0 Å². The van der Waals surface area contributed by atoms with E-state index in [0.29, 0.717) is 0 Å². The molecule has 0 aromatic carbocycles. The van der Waals surface area contributed by atoms with E-state index in [0.717, 1.165) is 0 Å². The SMILES string of the molecule is OC[C@H]1O[C@H](OC[C@H]2O[C@@H](O)[C@@H](O)[C@@H](O)[C@@H]2O[C@@H]2O[C@H](CO)[C@@H](O[C@@H]3O[C@H](CO)[C@@H](O)[C@H](O)[C@@H]3O)[C@H](O)[C@@H]2O)[C@H](O)[C@@H](O)[C@H]1O. The molecule has 0 spiro atoms. The molecular weight excluding hydrogens is 624 g/mol. The highest BCUT2D eigenvalue weighted by molar-refractivity contribution is 4.97. The minimum absolute atomic E-state index is 0.703. The van der Waals surface area contributed by atoms with Crippen molar-refractivity contribution in [2.24, 2.45) is 0 Å². The first-order chi connectivity index (χ1) is 21.2. The van der Waals surface area contributed by atoms with Crippen LogP contribution in [-0.2, 0) is 33.2 Å². The van der Waals surface area contributed by atoms with E-state index in [2.05, 4.69) is 0 Å². The van der Waals surface area contributed by atoms with Gasteiger partial charge in [-0.1, -0.05) is 0 Å². The quantitative estimate of drug-likeness (QED) is 0.103. The van der Waals surface area contributed by atoms with Gasteiger partial charge in [-0.25, -0.2) is 0 Å². The molecule has 0 radical (unpaired) electrons. The van der Waals surface area contributed by atoms with Crippen LogP contribution >= 0.6 is 0 Å². The van der Waals surface area contributed by atoms with E-state index in [9.17, 15) is 71.5 Å². The van der Waals surface area contributed by atoms with Gasteiger partial charge in [0.05, 0.1) is 26.4 Å². The van der Waals surface area contributed by atoms with Gasteiger partial charge in [-0.15, -0.1) is 0 Å². The van der Waals surface area contributed by atoms with Gasteiger partial charge in [0, 0.05) is 0 Å². The summed E-state index contributed by atoms with van der Waals surface area (Å²) in [4.78, 5) is 0. The highest BCUT2D eigenvalue weighted by Crippen LogP contribution is 2.33. The second kappa shape index (κ2) is 15.6. The lowest BCUT2D eigenvalue weighted by molar-refractivity contribution is -0.380. The molecule has 14 N–H and O–H groups in total.